The standard InChI is InChI=1S/C15H9ClN2O3/c16-13-8-11(5-4-10(13)9-17)21-15-3-1-2-14-12(15)6-7-20-18(14)19/h1-8,19H. The fraction of sp³-hybridized carbons (Fsp3) is 0. The molecule has 1 N–H and O–H groups in total. The topological polar surface area (TPSA) is 65.7 Å². The molecule has 0 saturated carbocycles. The Morgan fingerprint density at radius 1 is 1.29 bits per heavy atom. The third-order valence-corrected chi connectivity index (χ3v) is 3.25. The van der Waals surface area contributed by atoms with Gasteiger partial charge in [-0.25, -0.2) is 0 Å². The van der Waals surface area contributed by atoms with Crippen molar-refractivity contribution < 1.29 is 14.8 Å². The lowest BCUT2D eigenvalue weighted by atomic mass is 10.1. The quantitative estimate of drug-likeness (QED) is 0.904. The van der Waals surface area contributed by atoms with Crippen LogP contribution >= 0.6 is 11.6 Å². The smallest absolute Gasteiger partial charge is 0.137 e. The van der Waals surface area contributed by atoms with E-state index in [0.29, 0.717) is 38.6 Å². The lowest BCUT2D eigenvalue weighted by Gasteiger charge is -2.22. The van der Waals surface area contributed by atoms with Crippen LogP contribution < -0.4 is 9.96 Å². The molecule has 104 valence electrons. The van der Waals surface area contributed by atoms with E-state index < -0.39 is 0 Å². The van der Waals surface area contributed by atoms with Crippen molar-refractivity contribution in [3.05, 3.63) is 58.8 Å². The SMILES string of the molecule is N#Cc1ccc(Oc2cccc3c2C=CON3O)cc1Cl. The summed E-state index contributed by atoms with van der Waals surface area (Å²) in [6, 6.07) is 12.0. The van der Waals surface area contributed by atoms with Gasteiger partial charge in [-0.3, -0.25) is 5.21 Å². The van der Waals surface area contributed by atoms with Crippen LogP contribution in [0.15, 0.2) is 42.7 Å². The molecule has 0 radical (unpaired) electrons. The molecule has 0 unspecified atom stereocenters. The second kappa shape index (κ2) is 5.37. The summed E-state index contributed by atoms with van der Waals surface area (Å²) in [5.41, 5.74) is 1.52. The van der Waals surface area contributed by atoms with Gasteiger partial charge >= 0.3 is 0 Å². The summed E-state index contributed by atoms with van der Waals surface area (Å²) in [7, 11) is 0. The van der Waals surface area contributed by atoms with Gasteiger partial charge in [0.05, 0.1) is 10.6 Å². The molecule has 0 bridgehead atoms. The third-order valence-electron chi connectivity index (χ3n) is 2.93. The van der Waals surface area contributed by atoms with Crippen LogP contribution in [0, 0.1) is 11.3 Å². The maximum Gasteiger partial charge on any atom is 0.137 e. The number of hydrogen-bond acceptors (Lipinski definition) is 5. The molecule has 21 heavy (non-hydrogen) atoms. The minimum absolute atomic E-state index is 0.322. The van der Waals surface area contributed by atoms with Crippen molar-refractivity contribution in [1.29, 1.82) is 5.26 Å². The Balaban J connectivity index is 1.97. The Kier molecular flexibility index (Phi) is 3.40. The van der Waals surface area contributed by atoms with Crippen LogP contribution in [0.3, 0.4) is 0 Å². The van der Waals surface area contributed by atoms with Gasteiger partial charge < -0.3 is 9.57 Å². The van der Waals surface area contributed by atoms with Crippen molar-refractivity contribution in [2.75, 3.05) is 5.23 Å². The fourth-order valence-corrected chi connectivity index (χ4v) is 2.16. The molecule has 0 amide bonds. The Bertz CT molecular complexity index is 768. The van der Waals surface area contributed by atoms with E-state index in [9.17, 15) is 5.21 Å². The Labute approximate surface area is 125 Å². The molecule has 5 nitrogen and oxygen atoms in total. The van der Waals surface area contributed by atoms with Crippen molar-refractivity contribution in [2.45, 2.75) is 0 Å². The Morgan fingerprint density at radius 3 is 2.90 bits per heavy atom. The van der Waals surface area contributed by atoms with Crippen LogP contribution in [0.25, 0.3) is 6.08 Å². The van der Waals surface area contributed by atoms with Gasteiger partial charge in [0.15, 0.2) is 0 Å². The van der Waals surface area contributed by atoms with Crippen molar-refractivity contribution >= 4 is 23.4 Å². The van der Waals surface area contributed by atoms with Gasteiger partial charge in [0.2, 0.25) is 0 Å². The largest absolute Gasteiger partial charge is 0.457 e. The highest BCUT2D eigenvalue weighted by atomic mass is 35.5. The molecule has 1 heterocycles. The maximum atomic E-state index is 9.61. The molecule has 1 aliphatic rings. The first-order chi connectivity index (χ1) is 10.2. The minimum atomic E-state index is 0.322. The number of nitriles is 1. The zero-order valence-electron chi connectivity index (χ0n) is 10.7. The van der Waals surface area contributed by atoms with E-state index in [4.69, 9.17) is 26.4 Å². The number of ether oxygens (including phenoxy) is 1. The number of benzene rings is 2. The summed E-state index contributed by atoms with van der Waals surface area (Å²) in [5, 5.41) is 19.4. The van der Waals surface area contributed by atoms with Crippen LogP contribution in [-0.4, -0.2) is 5.21 Å². The number of hydrogen-bond donors (Lipinski definition) is 1. The fourth-order valence-electron chi connectivity index (χ4n) is 1.95. The Morgan fingerprint density at radius 2 is 2.14 bits per heavy atom. The number of rotatable bonds is 2. The van der Waals surface area contributed by atoms with Crippen LogP contribution in [0.5, 0.6) is 11.5 Å². The van der Waals surface area contributed by atoms with E-state index in [2.05, 4.69) is 0 Å². The van der Waals surface area contributed by atoms with Crippen LogP contribution in [0.4, 0.5) is 5.69 Å². The molecule has 0 aromatic heterocycles. The van der Waals surface area contributed by atoms with Crippen molar-refractivity contribution in [3.8, 4) is 17.6 Å². The summed E-state index contributed by atoms with van der Waals surface area (Å²) in [4.78, 5) is 4.85. The van der Waals surface area contributed by atoms with Gasteiger partial charge in [0.25, 0.3) is 0 Å². The van der Waals surface area contributed by atoms with Gasteiger partial charge in [-0.15, -0.1) is 0 Å². The van der Waals surface area contributed by atoms with Gasteiger partial charge in [0, 0.05) is 11.6 Å². The molecule has 0 saturated heterocycles. The zero-order chi connectivity index (χ0) is 14.8. The highest BCUT2D eigenvalue weighted by molar-refractivity contribution is 6.31. The van der Waals surface area contributed by atoms with Crippen molar-refractivity contribution in [2.24, 2.45) is 0 Å². The highest BCUT2D eigenvalue weighted by Crippen LogP contribution is 2.36. The van der Waals surface area contributed by atoms with E-state index in [-0.39, 0.29) is 0 Å². The third kappa shape index (κ3) is 2.50. The molecule has 2 aromatic rings. The predicted octanol–water partition coefficient (Wildman–Crippen LogP) is 4.12. The first kappa shape index (κ1) is 13.3. The summed E-state index contributed by atoms with van der Waals surface area (Å²) in [5.74, 6) is 1.03. The lowest BCUT2D eigenvalue weighted by Crippen LogP contribution is -2.18. The number of anilines is 1. The van der Waals surface area contributed by atoms with E-state index in [1.165, 1.54) is 6.26 Å². The summed E-state index contributed by atoms with van der Waals surface area (Å²) < 4.78 is 5.77. The molecule has 0 aliphatic carbocycles. The normalized spacial score (nSPS) is 12.3. The first-order valence-corrected chi connectivity index (χ1v) is 6.39. The summed E-state index contributed by atoms with van der Waals surface area (Å²) >= 11 is 5.98. The summed E-state index contributed by atoms with van der Waals surface area (Å²) in [6.45, 7) is 0. The molecule has 2 aromatic carbocycles. The molecular formula is C15H9ClN2O3. The molecule has 0 atom stereocenters. The average Bonchev–Trinajstić information content (AvgIpc) is 2.49. The number of nitrogens with zero attached hydrogens (tertiary/aromatic N) is 2. The number of fused-ring (bicyclic) bond motifs is 1. The van der Waals surface area contributed by atoms with Gasteiger partial charge in [-0.2, -0.15) is 5.26 Å². The molecule has 6 heteroatoms. The van der Waals surface area contributed by atoms with Crippen LogP contribution in [-0.2, 0) is 4.84 Å². The molecular weight excluding hydrogens is 292 g/mol. The van der Waals surface area contributed by atoms with E-state index in [1.54, 1.807) is 42.5 Å². The maximum absolute atomic E-state index is 9.61. The van der Waals surface area contributed by atoms with E-state index in [0.717, 1.165) is 0 Å². The highest BCUT2D eigenvalue weighted by Gasteiger charge is 2.17. The van der Waals surface area contributed by atoms with E-state index >= 15 is 0 Å². The number of halogens is 1. The molecule has 3 rings (SSSR count). The van der Waals surface area contributed by atoms with Gasteiger partial charge in [-0.05, 0) is 30.3 Å². The Hall–Kier alpha value is -2.68. The predicted molar refractivity (Wildman–Crippen MR) is 77.1 cm³/mol. The van der Waals surface area contributed by atoms with Crippen molar-refractivity contribution in [3.63, 3.8) is 0 Å². The van der Waals surface area contributed by atoms with Crippen molar-refractivity contribution in [1.82, 2.24) is 0 Å². The van der Waals surface area contributed by atoms with E-state index in [1.807, 2.05) is 6.07 Å². The average molecular weight is 301 g/mol. The molecule has 1 aliphatic heterocycles. The molecule has 0 spiro atoms. The van der Waals surface area contributed by atoms with Gasteiger partial charge in [0.1, 0.15) is 29.5 Å². The van der Waals surface area contributed by atoms with Gasteiger partial charge in [-0.1, -0.05) is 22.9 Å². The monoisotopic (exact) mass is 300 g/mol. The first-order valence-electron chi connectivity index (χ1n) is 6.02. The second-order valence-electron chi connectivity index (χ2n) is 4.23. The second-order valence-corrected chi connectivity index (χ2v) is 4.63. The van der Waals surface area contributed by atoms with Crippen LogP contribution in [0.1, 0.15) is 11.1 Å². The minimum Gasteiger partial charge on any atom is -0.457 e. The lowest BCUT2D eigenvalue weighted by molar-refractivity contribution is 0.0133. The zero-order valence-corrected chi connectivity index (χ0v) is 11.4. The summed E-state index contributed by atoms with van der Waals surface area (Å²) in [6.07, 6.45) is 3.03. The molecule has 0 fully saturated rings. The van der Waals surface area contributed by atoms with Crippen LogP contribution in [0.2, 0.25) is 5.02 Å².